The molecule has 0 atom stereocenters. The predicted molar refractivity (Wildman–Crippen MR) is 62.8 cm³/mol. The molecule has 0 saturated carbocycles. The summed E-state index contributed by atoms with van der Waals surface area (Å²) in [7, 11) is 0. The summed E-state index contributed by atoms with van der Waals surface area (Å²) in [6.07, 6.45) is -4.40. The average molecular weight is 295 g/mol. The zero-order chi connectivity index (χ0) is 15.2. The standard InChI is InChI=1S/C12H13F4NO3/c1-8(17-18)10-3-2-9(13)6-11(10)20-5-4-19-7-12(14,15)16/h2-3,6,18H,4-5,7H2,1H3. The molecule has 0 unspecified atom stereocenters. The van der Waals surface area contributed by atoms with Gasteiger partial charge in [-0.2, -0.15) is 13.2 Å². The van der Waals surface area contributed by atoms with E-state index in [-0.39, 0.29) is 24.7 Å². The summed E-state index contributed by atoms with van der Waals surface area (Å²) >= 11 is 0. The first kappa shape index (κ1) is 16.2. The van der Waals surface area contributed by atoms with Crippen LogP contribution in [-0.4, -0.2) is 36.9 Å². The van der Waals surface area contributed by atoms with Crippen LogP contribution in [0.3, 0.4) is 0 Å². The summed E-state index contributed by atoms with van der Waals surface area (Å²) in [5.74, 6) is -0.512. The lowest BCUT2D eigenvalue weighted by molar-refractivity contribution is -0.175. The first-order valence-electron chi connectivity index (χ1n) is 5.59. The third-order valence-electron chi connectivity index (χ3n) is 2.23. The Morgan fingerprint density at radius 3 is 2.60 bits per heavy atom. The first-order chi connectivity index (χ1) is 9.33. The molecule has 0 radical (unpaired) electrons. The number of ether oxygens (including phenoxy) is 2. The normalized spacial score (nSPS) is 12.6. The van der Waals surface area contributed by atoms with Crippen molar-refractivity contribution in [2.45, 2.75) is 13.1 Å². The fraction of sp³-hybridized carbons (Fsp3) is 0.417. The Morgan fingerprint density at radius 2 is 2.00 bits per heavy atom. The molecular formula is C12H13F4NO3. The minimum atomic E-state index is -4.40. The van der Waals surface area contributed by atoms with Gasteiger partial charge in [0.2, 0.25) is 0 Å². The minimum absolute atomic E-state index is 0.0657. The van der Waals surface area contributed by atoms with Crippen molar-refractivity contribution in [2.24, 2.45) is 5.16 Å². The Hall–Kier alpha value is -1.83. The first-order valence-corrected chi connectivity index (χ1v) is 5.59. The molecule has 4 nitrogen and oxygen atoms in total. The number of hydrogen-bond donors (Lipinski definition) is 1. The van der Waals surface area contributed by atoms with Crippen LogP contribution >= 0.6 is 0 Å². The van der Waals surface area contributed by atoms with E-state index in [9.17, 15) is 17.6 Å². The van der Waals surface area contributed by atoms with Gasteiger partial charge in [0.05, 0.1) is 12.3 Å². The van der Waals surface area contributed by atoms with Crippen LogP contribution in [0.4, 0.5) is 17.6 Å². The SMILES string of the molecule is CC(=NO)c1ccc(F)cc1OCCOCC(F)(F)F. The average Bonchev–Trinajstić information content (AvgIpc) is 2.36. The lowest BCUT2D eigenvalue weighted by atomic mass is 10.1. The molecule has 0 aliphatic heterocycles. The van der Waals surface area contributed by atoms with E-state index in [0.717, 1.165) is 12.1 Å². The third kappa shape index (κ3) is 5.43. The molecule has 0 aliphatic rings. The van der Waals surface area contributed by atoms with Gasteiger partial charge in [0.15, 0.2) is 0 Å². The second-order valence-corrected chi connectivity index (χ2v) is 3.84. The maximum atomic E-state index is 13.1. The summed E-state index contributed by atoms with van der Waals surface area (Å²) in [6, 6.07) is 3.54. The zero-order valence-corrected chi connectivity index (χ0v) is 10.6. The molecule has 0 saturated heterocycles. The molecule has 0 spiro atoms. The van der Waals surface area contributed by atoms with Crippen molar-refractivity contribution in [3.05, 3.63) is 29.6 Å². The van der Waals surface area contributed by atoms with E-state index >= 15 is 0 Å². The highest BCUT2D eigenvalue weighted by molar-refractivity contribution is 6.00. The summed E-state index contributed by atoms with van der Waals surface area (Å²) in [5, 5.41) is 11.6. The highest BCUT2D eigenvalue weighted by Gasteiger charge is 2.27. The van der Waals surface area contributed by atoms with Gasteiger partial charge in [0, 0.05) is 11.6 Å². The number of nitrogens with zero attached hydrogens (tertiary/aromatic N) is 1. The van der Waals surface area contributed by atoms with Crippen LogP contribution in [0.5, 0.6) is 5.75 Å². The maximum Gasteiger partial charge on any atom is 0.411 e. The fourth-order valence-electron chi connectivity index (χ4n) is 1.37. The molecule has 0 bridgehead atoms. The third-order valence-corrected chi connectivity index (χ3v) is 2.23. The molecular weight excluding hydrogens is 282 g/mol. The number of alkyl halides is 3. The van der Waals surface area contributed by atoms with Crippen LogP contribution in [0, 0.1) is 5.82 Å². The Labute approximate surface area is 112 Å². The van der Waals surface area contributed by atoms with E-state index in [4.69, 9.17) is 9.94 Å². The van der Waals surface area contributed by atoms with Crippen LogP contribution < -0.4 is 4.74 Å². The van der Waals surface area contributed by atoms with Gasteiger partial charge in [0.25, 0.3) is 0 Å². The quantitative estimate of drug-likeness (QED) is 0.288. The van der Waals surface area contributed by atoms with Crippen molar-refractivity contribution in [1.82, 2.24) is 0 Å². The maximum absolute atomic E-state index is 13.1. The van der Waals surface area contributed by atoms with E-state index in [1.165, 1.54) is 13.0 Å². The summed E-state index contributed by atoms with van der Waals surface area (Å²) in [4.78, 5) is 0. The van der Waals surface area contributed by atoms with E-state index in [2.05, 4.69) is 9.89 Å². The minimum Gasteiger partial charge on any atom is -0.490 e. The molecule has 8 heteroatoms. The molecule has 0 fully saturated rings. The van der Waals surface area contributed by atoms with Gasteiger partial charge in [-0.3, -0.25) is 0 Å². The second-order valence-electron chi connectivity index (χ2n) is 3.84. The number of benzene rings is 1. The van der Waals surface area contributed by atoms with Crippen molar-refractivity contribution < 1.29 is 32.2 Å². The van der Waals surface area contributed by atoms with Crippen LogP contribution in [0.25, 0.3) is 0 Å². The van der Waals surface area contributed by atoms with Crippen LogP contribution in [0.1, 0.15) is 12.5 Å². The lowest BCUT2D eigenvalue weighted by Crippen LogP contribution is -2.19. The Balaban J connectivity index is 2.57. The van der Waals surface area contributed by atoms with Crippen molar-refractivity contribution >= 4 is 5.71 Å². The molecule has 1 aromatic carbocycles. The Morgan fingerprint density at radius 1 is 1.30 bits per heavy atom. The van der Waals surface area contributed by atoms with Gasteiger partial charge in [0.1, 0.15) is 24.8 Å². The molecule has 112 valence electrons. The Bertz CT molecular complexity index is 474. The fourth-order valence-corrected chi connectivity index (χ4v) is 1.37. The van der Waals surface area contributed by atoms with Crippen molar-refractivity contribution in [3.8, 4) is 5.75 Å². The molecule has 1 aromatic rings. The molecule has 0 heterocycles. The van der Waals surface area contributed by atoms with E-state index < -0.39 is 18.6 Å². The van der Waals surface area contributed by atoms with Gasteiger partial charge in [-0.1, -0.05) is 5.16 Å². The van der Waals surface area contributed by atoms with Gasteiger partial charge < -0.3 is 14.7 Å². The largest absolute Gasteiger partial charge is 0.490 e. The highest BCUT2D eigenvalue weighted by Crippen LogP contribution is 2.21. The van der Waals surface area contributed by atoms with E-state index in [1.807, 2.05) is 0 Å². The van der Waals surface area contributed by atoms with Crippen LogP contribution in [-0.2, 0) is 4.74 Å². The number of rotatable bonds is 6. The van der Waals surface area contributed by atoms with E-state index in [0.29, 0.717) is 5.56 Å². The smallest absolute Gasteiger partial charge is 0.411 e. The predicted octanol–water partition coefficient (Wildman–Crippen LogP) is 2.98. The highest BCUT2D eigenvalue weighted by atomic mass is 19.4. The zero-order valence-electron chi connectivity index (χ0n) is 10.6. The lowest BCUT2D eigenvalue weighted by Gasteiger charge is -2.12. The summed E-state index contributed by atoms with van der Waals surface area (Å²) < 4.78 is 58.0. The van der Waals surface area contributed by atoms with Crippen LogP contribution in [0.2, 0.25) is 0 Å². The molecule has 1 N–H and O–H groups in total. The summed E-state index contributed by atoms with van der Waals surface area (Å²) in [6.45, 7) is -0.389. The molecule has 0 aliphatic carbocycles. The molecule has 20 heavy (non-hydrogen) atoms. The van der Waals surface area contributed by atoms with Crippen molar-refractivity contribution in [2.75, 3.05) is 19.8 Å². The van der Waals surface area contributed by atoms with Gasteiger partial charge in [-0.15, -0.1) is 0 Å². The number of halogens is 4. The number of hydrogen-bond acceptors (Lipinski definition) is 4. The van der Waals surface area contributed by atoms with Gasteiger partial charge >= 0.3 is 6.18 Å². The number of oxime groups is 1. The summed E-state index contributed by atoms with van der Waals surface area (Å²) in [5.41, 5.74) is 0.529. The monoisotopic (exact) mass is 295 g/mol. The second kappa shape index (κ2) is 7.09. The van der Waals surface area contributed by atoms with Crippen molar-refractivity contribution in [1.29, 1.82) is 0 Å². The van der Waals surface area contributed by atoms with Gasteiger partial charge in [-0.25, -0.2) is 4.39 Å². The Kier molecular flexibility index (Phi) is 5.75. The van der Waals surface area contributed by atoms with Crippen LogP contribution in [0.15, 0.2) is 23.4 Å². The van der Waals surface area contributed by atoms with Gasteiger partial charge in [-0.05, 0) is 19.1 Å². The molecule has 0 aromatic heterocycles. The topological polar surface area (TPSA) is 51.1 Å². The van der Waals surface area contributed by atoms with Crippen molar-refractivity contribution in [3.63, 3.8) is 0 Å². The molecule has 0 amide bonds. The molecule has 1 rings (SSSR count). The van der Waals surface area contributed by atoms with E-state index in [1.54, 1.807) is 0 Å².